The van der Waals surface area contributed by atoms with Gasteiger partial charge in [0.15, 0.2) is 0 Å². The van der Waals surface area contributed by atoms with Gasteiger partial charge in [-0.15, -0.1) is 0 Å². The van der Waals surface area contributed by atoms with Gasteiger partial charge < -0.3 is 36.8 Å². The fourth-order valence-electron chi connectivity index (χ4n) is 4.32. The second-order valence-corrected chi connectivity index (χ2v) is 8.49. The molecule has 1 aromatic carbocycles. The van der Waals surface area contributed by atoms with Crippen LogP contribution in [0.1, 0.15) is 24.8 Å². The lowest BCUT2D eigenvalue weighted by Crippen LogP contribution is -2.49. The van der Waals surface area contributed by atoms with Crippen molar-refractivity contribution in [1.82, 2.24) is 20.9 Å². The Morgan fingerprint density at radius 1 is 1.12 bits per heavy atom. The van der Waals surface area contributed by atoms with Crippen molar-refractivity contribution in [1.29, 1.82) is 0 Å². The Balaban J connectivity index is 1.53. The predicted octanol–water partition coefficient (Wildman–Crippen LogP) is -2.04. The van der Waals surface area contributed by atoms with Crippen LogP contribution >= 0.6 is 0 Å². The number of nitrogens with one attached hydrogen (secondary N) is 3. The van der Waals surface area contributed by atoms with Crippen LogP contribution in [0.4, 0.5) is 0 Å². The maximum atomic E-state index is 13.0. The number of nitrogens with two attached hydrogens (primary N) is 1. The van der Waals surface area contributed by atoms with Gasteiger partial charge in [0.2, 0.25) is 17.7 Å². The van der Waals surface area contributed by atoms with Gasteiger partial charge in [-0.1, -0.05) is 30.3 Å². The molecule has 2 aliphatic rings. The Morgan fingerprint density at radius 3 is 2.52 bits per heavy atom. The first-order valence-corrected chi connectivity index (χ1v) is 11.1. The van der Waals surface area contributed by atoms with Crippen molar-refractivity contribution in [2.24, 2.45) is 5.73 Å². The van der Waals surface area contributed by atoms with Crippen molar-refractivity contribution in [3.8, 4) is 0 Å². The zero-order chi connectivity index (χ0) is 24.0. The summed E-state index contributed by atoms with van der Waals surface area (Å²) in [5.41, 5.74) is 6.29. The minimum absolute atomic E-state index is 0.0327. The van der Waals surface area contributed by atoms with Crippen LogP contribution in [0.3, 0.4) is 0 Å². The number of hydrogen-bond acceptors (Lipinski definition) is 7. The summed E-state index contributed by atoms with van der Waals surface area (Å²) in [6, 6.07) is 6.90. The molecule has 2 aliphatic heterocycles. The maximum Gasteiger partial charge on any atom is 0.326 e. The van der Waals surface area contributed by atoms with Gasteiger partial charge in [-0.2, -0.15) is 0 Å². The lowest BCUT2D eigenvalue weighted by Gasteiger charge is -2.25. The first-order valence-electron chi connectivity index (χ1n) is 11.1. The normalized spacial score (nSPS) is 25.5. The minimum Gasteiger partial charge on any atom is -0.480 e. The number of aliphatic carboxylic acids is 1. The van der Waals surface area contributed by atoms with Crippen LogP contribution in [-0.2, 0) is 25.6 Å². The van der Waals surface area contributed by atoms with Crippen LogP contribution in [0.15, 0.2) is 30.3 Å². The average Bonchev–Trinajstić information content (AvgIpc) is 3.45. The summed E-state index contributed by atoms with van der Waals surface area (Å²) in [4.78, 5) is 49.9. The van der Waals surface area contributed by atoms with E-state index in [-0.39, 0.29) is 37.9 Å². The number of carbonyl (C=O) groups excluding carboxylic acids is 3. The standard InChI is InChI=1S/C22H31N5O6/c23-10-19(29)25-14-8-16(24-11-14)21(31)27-12-15(9-17(27)22(32)33)26-20(30)18(28)7-6-13-4-2-1-3-5-13/h1-5,14-18,24,28H,6-12,23H2,(H,25,29)(H,26,30)(H,32,33)/t14-,15-,16+,17+,18-/m1/s1. The number of nitrogens with zero attached hydrogens (tertiary/aromatic N) is 1. The number of rotatable bonds is 9. The third-order valence-corrected chi connectivity index (χ3v) is 6.05. The third kappa shape index (κ3) is 6.50. The Kier molecular flexibility index (Phi) is 8.37. The number of benzene rings is 1. The number of carboxylic acids is 1. The summed E-state index contributed by atoms with van der Waals surface area (Å²) < 4.78 is 0. The van der Waals surface area contributed by atoms with Crippen molar-refractivity contribution < 1.29 is 29.4 Å². The highest BCUT2D eigenvalue weighted by Gasteiger charge is 2.44. The summed E-state index contributed by atoms with van der Waals surface area (Å²) in [6.07, 6.45) is -0.102. The molecule has 11 nitrogen and oxygen atoms in total. The van der Waals surface area contributed by atoms with Crippen LogP contribution in [0.25, 0.3) is 0 Å². The summed E-state index contributed by atoms with van der Waals surface area (Å²) in [6.45, 7) is 0.257. The Bertz CT molecular complexity index is 866. The predicted molar refractivity (Wildman–Crippen MR) is 118 cm³/mol. The lowest BCUT2D eigenvalue weighted by molar-refractivity contribution is -0.148. The summed E-state index contributed by atoms with van der Waals surface area (Å²) in [7, 11) is 0. The highest BCUT2D eigenvalue weighted by atomic mass is 16.4. The molecule has 1 aromatic rings. The molecule has 0 bridgehead atoms. The first kappa shape index (κ1) is 24.6. The van der Waals surface area contributed by atoms with Crippen LogP contribution in [0.5, 0.6) is 0 Å². The fraction of sp³-hybridized carbons (Fsp3) is 0.545. The second-order valence-electron chi connectivity index (χ2n) is 8.49. The van der Waals surface area contributed by atoms with Crippen molar-refractivity contribution in [2.75, 3.05) is 19.6 Å². The van der Waals surface area contributed by atoms with Gasteiger partial charge in [-0.25, -0.2) is 4.79 Å². The fourth-order valence-corrected chi connectivity index (χ4v) is 4.32. The van der Waals surface area contributed by atoms with Gasteiger partial charge in [-0.3, -0.25) is 14.4 Å². The van der Waals surface area contributed by atoms with Crippen LogP contribution in [0.2, 0.25) is 0 Å². The Hall–Kier alpha value is -3.02. The van der Waals surface area contributed by atoms with E-state index in [1.165, 1.54) is 4.90 Å². The number of aliphatic hydroxyl groups is 1. The summed E-state index contributed by atoms with van der Waals surface area (Å²) in [5, 5.41) is 28.2. The van der Waals surface area contributed by atoms with Gasteiger partial charge >= 0.3 is 5.97 Å². The zero-order valence-electron chi connectivity index (χ0n) is 18.3. The molecule has 0 saturated carbocycles. The van der Waals surface area contributed by atoms with E-state index in [1.807, 2.05) is 30.3 Å². The molecule has 0 aliphatic carbocycles. The quantitative estimate of drug-likeness (QED) is 0.244. The van der Waals surface area contributed by atoms with E-state index >= 15 is 0 Å². The topological polar surface area (TPSA) is 174 Å². The molecule has 33 heavy (non-hydrogen) atoms. The van der Waals surface area contributed by atoms with E-state index in [2.05, 4.69) is 16.0 Å². The van der Waals surface area contributed by atoms with Gasteiger partial charge in [0.05, 0.1) is 12.6 Å². The van der Waals surface area contributed by atoms with Crippen molar-refractivity contribution in [3.05, 3.63) is 35.9 Å². The molecule has 7 N–H and O–H groups in total. The monoisotopic (exact) mass is 461 g/mol. The minimum atomic E-state index is -1.23. The number of carbonyl (C=O) groups is 4. The van der Waals surface area contributed by atoms with Gasteiger partial charge in [-0.05, 0) is 24.8 Å². The number of aryl methyl sites for hydroxylation is 1. The van der Waals surface area contributed by atoms with E-state index < -0.39 is 42.0 Å². The molecule has 2 fully saturated rings. The van der Waals surface area contributed by atoms with E-state index in [4.69, 9.17) is 5.73 Å². The third-order valence-electron chi connectivity index (χ3n) is 6.05. The Labute approximate surface area is 191 Å². The molecule has 11 heteroatoms. The second kappa shape index (κ2) is 11.2. The van der Waals surface area contributed by atoms with Crippen LogP contribution in [-0.4, -0.2) is 88.7 Å². The van der Waals surface area contributed by atoms with Crippen molar-refractivity contribution >= 4 is 23.7 Å². The SMILES string of the molecule is NCC(=O)N[C@H]1CN[C@H](C(=O)N2C[C@H](NC(=O)[C@H](O)CCc3ccccc3)C[C@H]2C(=O)O)C1. The van der Waals surface area contributed by atoms with E-state index in [9.17, 15) is 29.4 Å². The molecule has 3 amide bonds. The van der Waals surface area contributed by atoms with Gasteiger partial charge in [0.25, 0.3) is 0 Å². The average molecular weight is 462 g/mol. The summed E-state index contributed by atoms with van der Waals surface area (Å²) >= 11 is 0. The number of aliphatic hydroxyl groups excluding tert-OH is 1. The molecule has 0 unspecified atom stereocenters. The summed E-state index contributed by atoms with van der Waals surface area (Å²) in [5.74, 6) is -2.46. The number of amides is 3. The van der Waals surface area contributed by atoms with Gasteiger partial charge in [0, 0.05) is 31.6 Å². The lowest BCUT2D eigenvalue weighted by atomic mass is 10.1. The van der Waals surface area contributed by atoms with Crippen molar-refractivity contribution in [2.45, 2.75) is 56.0 Å². The number of hydrogen-bond donors (Lipinski definition) is 6. The van der Waals surface area contributed by atoms with E-state index in [1.54, 1.807) is 0 Å². The highest BCUT2D eigenvalue weighted by molar-refractivity contribution is 5.89. The molecular weight excluding hydrogens is 430 g/mol. The molecule has 180 valence electrons. The maximum absolute atomic E-state index is 13.0. The first-order chi connectivity index (χ1) is 15.8. The molecule has 0 radical (unpaired) electrons. The van der Waals surface area contributed by atoms with Crippen LogP contribution in [0, 0.1) is 0 Å². The molecular formula is C22H31N5O6. The molecule has 2 saturated heterocycles. The van der Waals surface area contributed by atoms with Gasteiger partial charge in [0.1, 0.15) is 12.1 Å². The molecule has 2 heterocycles. The zero-order valence-corrected chi connectivity index (χ0v) is 18.3. The smallest absolute Gasteiger partial charge is 0.326 e. The molecule has 0 aromatic heterocycles. The number of carboxylic acid groups (broad SMARTS) is 1. The number of likely N-dealkylation sites (tertiary alicyclic amines) is 1. The van der Waals surface area contributed by atoms with Crippen LogP contribution < -0.4 is 21.7 Å². The largest absolute Gasteiger partial charge is 0.480 e. The highest BCUT2D eigenvalue weighted by Crippen LogP contribution is 2.22. The van der Waals surface area contributed by atoms with E-state index in [0.29, 0.717) is 19.4 Å². The molecule has 3 rings (SSSR count). The van der Waals surface area contributed by atoms with Crippen molar-refractivity contribution in [3.63, 3.8) is 0 Å². The molecule has 0 spiro atoms. The van der Waals surface area contributed by atoms with E-state index in [0.717, 1.165) is 5.56 Å². The Morgan fingerprint density at radius 2 is 1.85 bits per heavy atom. The molecule has 5 atom stereocenters.